The topological polar surface area (TPSA) is 40.5 Å². The van der Waals surface area contributed by atoms with Crippen molar-refractivity contribution in [2.75, 3.05) is 0 Å². The van der Waals surface area contributed by atoms with Crippen molar-refractivity contribution < 1.29 is 10.2 Å². The molecule has 2 N–H and O–H groups in total. The van der Waals surface area contributed by atoms with E-state index in [1.54, 1.807) is 48.5 Å². The molecule has 0 fully saturated rings. The molecule has 0 bridgehead atoms. The van der Waals surface area contributed by atoms with Gasteiger partial charge in [0.2, 0.25) is 0 Å². The van der Waals surface area contributed by atoms with Crippen molar-refractivity contribution in [3.8, 4) is 35.2 Å². The molecular weight excluding hydrogens is 368 g/mol. The molecule has 0 spiro atoms. The highest BCUT2D eigenvalue weighted by Gasteiger charge is 1.88. The Morgan fingerprint density at radius 2 is 0.600 bits per heavy atom. The predicted molar refractivity (Wildman–Crippen MR) is 121 cm³/mol. The molecule has 0 heterocycles. The molecular formula is C28H20O2. The van der Waals surface area contributed by atoms with Gasteiger partial charge >= 0.3 is 0 Å². The highest BCUT2D eigenvalue weighted by atomic mass is 16.3. The van der Waals surface area contributed by atoms with Crippen molar-refractivity contribution >= 4 is 0 Å². The number of phenolic OH excluding ortho intramolecular Hbond substituents is 2. The maximum atomic E-state index is 9.09. The summed E-state index contributed by atoms with van der Waals surface area (Å²) < 4.78 is 0. The third kappa shape index (κ3) is 6.97. The zero-order valence-corrected chi connectivity index (χ0v) is 16.3. The Labute approximate surface area is 177 Å². The van der Waals surface area contributed by atoms with Gasteiger partial charge in [0, 0.05) is 22.3 Å². The zero-order chi connectivity index (χ0) is 21.0. The maximum Gasteiger partial charge on any atom is 0.115 e. The highest BCUT2D eigenvalue weighted by molar-refractivity contribution is 5.44. The van der Waals surface area contributed by atoms with Crippen molar-refractivity contribution in [1.29, 1.82) is 0 Å². The second-order valence-electron chi connectivity index (χ2n) is 6.33. The van der Waals surface area contributed by atoms with E-state index in [-0.39, 0.29) is 11.5 Å². The van der Waals surface area contributed by atoms with E-state index in [4.69, 9.17) is 10.2 Å². The minimum Gasteiger partial charge on any atom is -0.508 e. The van der Waals surface area contributed by atoms with E-state index in [0.717, 1.165) is 22.3 Å². The Hall–Kier alpha value is -4.40. The van der Waals surface area contributed by atoms with Gasteiger partial charge in [0.1, 0.15) is 11.5 Å². The summed E-state index contributed by atoms with van der Waals surface area (Å²) in [7, 11) is 0. The number of benzene rings is 4. The minimum atomic E-state index is 0.264. The number of aromatic hydroxyl groups is 2. The summed E-state index contributed by atoms with van der Waals surface area (Å²) >= 11 is 0. The third-order valence-corrected chi connectivity index (χ3v) is 3.98. The van der Waals surface area contributed by atoms with Crippen LogP contribution in [0.5, 0.6) is 11.5 Å². The summed E-state index contributed by atoms with van der Waals surface area (Å²) in [5, 5.41) is 18.2. The quantitative estimate of drug-likeness (QED) is 0.386. The van der Waals surface area contributed by atoms with E-state index in [1.165, 1.54) is 0 Å². The van der Waals surface area contributed by atoms with E-state index in [2.05, 4.69) is 23.7 Å². The summed E-state index contributed by atoms with van der Waals surface area (Å²) in [6.45, 7) is 0. The van der Waals surface area contributed by atoms with Crippen LogP contribution in [0.25, 0.3) is 0 Å². The lowest BCUT2D eigenvalue weighted by Crippen LogP contribution is -1.74. The lowest BCUT2D eigenvalue weighted by Gasteiger charge is -1.91. The summed E-state index contributed by atoms with van der Waals surface area (Å²) in [4.78, 5) is 0. The van der Waals surface area contributed by atoms with E-state index in [9.17, 15) is 0 Å². The number of phenols is 2. The fraction of sp³-hybridized carbons (Fsp3) is 0. The van der Waals surface area contributed by atoms with Crippen LogP contribution in [0, 0.1) is 23.7 Å². The van der Waals surface area contributed by atoms with Gasteiger partial charge in [-0.2, -0.15) is 0 Å². The molecule has 0 saturated carbocycles. The first-order chi connectivity index (χ1) is 14.7. The van der Waals surface area contributed by atoms with Crippen LogP contribution in [0.2, 0.25) is 0 Å². The van der Waals surface area contributed by atoms with Gasteiger partial charge in [-0.15, -0.1) is 0 Å². The maximum absolute atomic E-state index is 9.09. The Balaban J connectivity index is 0.000000171. The first kappa shape index (κ1) is 20.3. The van der Waals surface area contributed by atoms with E-state index >= 15 is 0 Å². The summed E-state index contributed by atoms with van der Waals surface area (Å²) in [6, 6.07) is 33.4. The zero-order valence-electron chi connectivity index (χ0n) is 16.3. The molecule has 0 aliphatic carbocycles. The van der Waals surface area contributed by atoms with Crippen LogP contribution in [-0.2, 0) is 0 Å². The molecule has 0 aromatic heterocycles. The van der Waals surface area contributed by atoms with Crippen molar-refractivity contribution in [2.24, 2.45) is 0 Å². The molecule has 4 rings (SSSR count). The van der Waals surface area contributed by atoms with Crippen LogP contribution >= 0.6 is 0 Å². The third-order valence-electron chi connectivity index (χ3n) is 3.98. The van der Waals surface area contributed by atoms with Crippen LogP contribution in [-0.4, -0.2) is 10.2 Å². The van der Waals surface area contributed by atoms with Crippen molar-refractivity contribution in [1.82, 2.24) is 0 Å². The lowest BCUT2D eigenvalue weighted by molar-refractivity contribution is 0.474. The van der Waals surface area contributed by atoms with Gasteiger partial charge in [-0.05, 0) is 72.8 Å². The van der Waals surface area contributed by atoms with Crippen LogP contribution in [0.1, 0.15) is 22.3 Å². The fourth-order valence-electron chi connectivity index (χ4n) is 2.42. The largest absolute Gasteiger partial charge is 0.508 e. The second-order valence-corrected chi connectivity index (χ2v) is 6.33. The van der Waals surface area contributed by atoms with Gasteiger partial charge in [0.05, 0.1) is 0 Å². The van der Waals surface area contributed by atoms with Gasteiger partial charge in [0.25, 0.3) is 0 Å². The summed E-state index contributed by atoms with van der Waals surface area (Å²) in [5.74, 6) is 12.7. The standard InChI is InChI=1S/2C14H10O/c2*15-14-10-8-13(9-11-14)7-6-12-4-2-1-3-5-12/h2*1-5,8-11,15H. The van der Waals surface area contributed by atoms with E-state index in [0.29, 0.717) is 0 Å². The first-order valence-corrected chi connectivity index (χ1v) is 9.41. The number of hydrogen-bond donors (Lipinski definition) is 2. The molecule has 0 atom stereocenters. The molecule has 0 aliphatic rings. The summed E-state index contributed by atoms with van der Waals surface area (Å²) in [6.07, 6.45) is 0. The molecule has 4 aromatic carbocycles. The average molecular weight is 388 g/mol. The molecule has 0 amide bonds. The van der Waals surface area contributed by atoms with E-state index in [1.807, 2.05) is 60.7 Å². The van der Waals surface area contributed by atoms with Crippen molar-refractivity contribution in [2.45, 2.75) is 0 Å². The van der Waals surface area contributed by atoms with Crippen molar-refractivity contribution in [3.05, 3.63) is 131 Å². The minimum absolute atomic E-state index is 0.264. The van der Waals surface area contributed by atoms with Crippen LogP contribution in [0.15, 0.2) is 109 Å². The predicted octanol–water partition coefficient (Wildman–Crippen LogP) is 5.58. The van der Waals surface area contributed by atoms with Gasteiger partial charge in [0.15, 0.2) is 0 Å². The average Bonchev–Trinajstić information content (AvgIpc) is 2.80. The molecule has 0 unspecified atom stereocenters. The van der Waals surface area contributed by atoms with E-state index < -0.39 is 0 Å². The number of rotatable bonds is 0. The molecule has 0 radical (unpaired) electrons. The van der Waals surface area contributed by atoms with Gasteiger partial charge in [-0.1, -0.05) is 60.1 Å². The number of hydrogen-bond acceptors (Lipinski definition) is 2. The van der Waals surface area contributed by atoms with Crippen molar-refractivity contribution in [3.63, 3.8) is 0 Å². The first-order valence-electron chi connectivity index (χ1n) is 9.41. The van der Waals surface area contributed by atoms with Crippen LogP contribution in [0.3, 0.4) is 0 Å². The fourth-order valence-corrected chi connectivity index (χ4v) is 2.42. The molecule has 0 aliphatic heterocycles. The Morgan fingerprint density at radius 3 is 0.900 bits per heavy atom. The molecule has 2 heteroatoms. The summed E-state index contributed by atoms with van der Waals surface area (Å²) in [5.41, 5.74) is 3.78. The molecule has 2 nitrogen and oxygen atoms in total. The van der Waals surface area contributed by atoms with Gasteiger partial charge in [-0.3, -0.25) is 0 Å². The molecule has 0 saturated heterocycles. The Morgan fingerprint density at radius 1 is 0.333 bits per heavy atom. The van der Waals surface area contributed by atoms with Gasteiger partial charge < -0.3 is 10.2 Å². The molecule has 144 valence electrons. The molecule has 30 heavy (non-hydrogen) atoms. The monoisotopic (exact) mass is 388 g/mol. The van der Waals surface area contributed by atoms with Crippen LogP contribution in [0.4, 0.5) is 0 Å². The SMILES string of the molecule is Oc1ccc(C#Cc2ccccc2)cc1.Oc1ccc(C#Cc2ccccc2)cc1. The lowest BCUT2D eigenvalue weighted by atomic mass is 10.2. The van der Waals surface area contributed by atoms with Gasteiger partial charge in [-0.25, -0.2) is 0 Å². The Bertz CT molecular complexity index is 1070. The smallest absolute Gasteiger partial charge is 0.115 e. The Kier molecular flexibility index (Phi) is 7.33. The normalized spacial score (nSPS) is 9.07. The highest BCUT2D eigenvalue weighted by Crippen LogP contribution is 2.09. The van der Waals surface area contributed by atoms with Crippen LogP contribution < -0.4 is 0 Å². The second kappa shape index (κ2) is 10.8. The molecule has 4 aromatic rings.